The van der Waals surface area contributed by atoms with Gasteiger partial charge >= 0.3 is 0 Å². The quantitative estimate of drug-likeness (QED) is 0.846. The fourth-order valence-electron chi connectivity index (χ4n) is 2.87. The lowest BCUT2D eigenvalue weighted by Crippen LogP contribution is -2.35. The van der Waals surface area contributed by atoms with Crippen LogP contribution in [0.25, 0.3) is 0 Å². The Hall–Kier alpha value is -1.95. The van der Waals surface area contributed by atoms with Gasteiger partial charge in [0.05, 0.1) is 5.69 Å². The maximum atomic E-state index is 4.45. The SMILES string of the molecule is Cc1cc(N(C)C2CCN(Cc3ccn(C)n3)C2)ncn1. The topological polar surface area (TPSA) is 50.1 Å². The summed E-state index contributed by atoms with van der Waals surface area (Å²) in [7, 11) is 4.08. The highest BCUT2D eigenvalue weighted by atomic mass is 15.3. The van der Waals surface area contributed by atoms with Crippen LogP contribution < -0.4 is 4.90 Å². The highest BCUT2D eigenvalue weighted by molar-refractivity contribution is 5.39. The molecule has 21 heavy (non-hydrogen) atoms. The Bertz CT molecular complexity index is 608. The third-order valence-electron chi connectivity index (χ3n) is 4.10. The van der Waals surface area contributed by atoms with Crippen LogP contribution in [0.15, 0.2) is 24.7 Å². The lowest BCUT2D eigenvalue weighted by atomic mass is 10.2. The molecular weight excluding hydrogens is 264 g/mol. The van der Waals surface area contributed by atoms with Gasteiger partial charge in [0.2, 0.25) is 0 Å². The van der Waals surface area contributed by atoms with Crippen LogP contribution in [-0.4, -0.2) is 50.8 Å². The summed E-state index contributed by atoms with van der Waals surface area (Å²) in [4.78, 5) is 13.3. The molecule has 1 fully saturated rings. The van der Waals surface area contributed by atoms with E-state index in [4.69, 9.17) is 0 Å². The first-order chi connectivity index (χ1) is 10.1. The Balaban J connectivity index is 1.61. The molecule has 1 saturated heterocycles. The van der Waals surface area contributed by atoms with E-state index in [1.165, 1.54) is 0 Å². The molecule has 1 atom stereocenters. The minimum absolute atomic E-state index is 0.503. The van der Waals surface area contributed by atoms with Crippen LogP contribution >= 0.6 is 0 Å². The molecule has 0 aliphatic carbocycles. The number of nitrogens with zero attached hydrogens (tertiary/aromatic N) is 6. The molecule has 0 aromatic carbocycles. The highest BCUT2D eigenvalue weighted by Gasteiger charge is 2.26. The minimum Gasteiger partial charge on any atom is -0.355 e. The summed E-state index contributed by atoms with van der Waals surface area (Å²) in [5, 5.41) is 4.45. The van der Waals surface area contributed by atoms with E-state index in [0.29, 0.717) is 6.04 Å². The molecule has 6 nitrogen and oxygen atoms in total. The molecular formula is C15H22N6. The van der Waals surface area contributed by atoms with E-state index in [0.717, 1.165) is 43.3 Å². The molecule has 6 heteroatoms. The van der Waals surface area contributed by atoms with Crippen LogP contribution in [0.4, 0.5) is 5.82 Å². The Morgan fingerprint density at radius 2 is 2.24 bits per heavy atom. The lowest BCUT2D eigenvalue weighted by molar-refractivity contribution is 0.320. The van der Waals surface area contributed by atoms with Crippen LogP contribution in [0, 0.1) is 6.92 Å². The number of hydrogen-bond donors (Lipinski definition) is 0. The van der Waals surface area contributed by atoms with Crippen LogP contribution in [0.5, 0.6) is 0 Å². The van der Waals surface area contributed by atoms with Gasteiger partial charge in [-0.25, -0.2) is 9.97 Å². The summed E-state index contributed by atoms with van der Waals surface area (Å²) in [5.74, 6) is 1.01. The standard InChI is InChI=1S/C15H22N6/c1-12-8-15(17-11-16-12)20(3)14-5-7-21(10-14)9-13-4-6-19(2)18-13/h4,6,8,11,14H,5,7,9-10H2,1-3H3. The summed E-state index contributed by atoms with van der Waals surface area (Å²) in [6.07, 6.45) is 4.80. The van der Waals surface area contributed by atoms with Crippen LogP contribution in [0.3, 0.4) is 0 Å². The van der Waals surface area contributed by atoms with E-state index in [1.54, 1.807) is 6.33 Å². The van der Waals surface area contributed by atoms with E-state index >= 15 is 0 Å². The van der Waals surface area contributed by atoms with Gasteiger partial charge in [-0.05, 0) is 19.4 Å². The molecule has 2 aromatic heterocycles. The predicted octanol–water partition coefficient (Wildman–Crippen LogP) is 1.23. The van der Waals surface area contributed by atoms with Gasteiger partial charge in [0.15, 0.2) is 0 Å². The third kappa shape index (κ3) is 3.21. The van der Waals surface area contributed by atoms with Crippen molar-refractivity contribution in [3.8, 4) is 0 Å². The number of aryl methyl sites for hydroxylation is 2. The number of likely N-dealkylation sites (N-methyl/N-ethyl adjacent to an activating group) is 1. The Kier molecular flexibility index (Phi) is 3.88. The Morgan fingerprint density at radius 1 is 1.38 bits per heavy atom. The smallest absolute Gasteiger partial charge is 0.132 e. The van der Waals surface area contributed by atoms with E-state index < -0.39 is 0 Å². The summed E-state index contributed by atoms with van der Waals surface area (Å²) >= 11 is 0. The van der Waals surface area contributed by atoms with Crippen molar-refractivity contribution in [2.24, 2.45) is 7.05 Å². The number of likely N-dealkylation sites (tertiary alicyclic amines) is 1. The van der Waals surface area contributed by atoms with Gasteiger partial charge in [0.25, 0.3) is 0 Å². The molecule has 0 bridgehead atoms. The number of hydrogen-bond acceptors (Lipinski definition) is 5. The summed E-state index contributed by atoms with van der Waals surface area (Å²) in [6, 6.07) is 4.63. The molecule has 3 heterocycles. The molecule has 1 unspecified atom stereocenters. The van der Waals surface area contributed by atoms with Crippen molar-refractivity contribution in [1.82, 2.24) is 24.6 Å². The van der Waals surface area contributed by atoms with Gasteiger partial charge in [-0.2, -0.15) is 5.10 Å². The second-order valence-electron chi connectivity index (χ2n) is 5.79. The molecule has 3 rings (SSSR count). The molecule has 0 radical (unpaired) electrons. The predicted molar refractivity (Wildman–Crippen MR) is 82.1 cm³/mol. The van der Waals surface area contributed by atoms with Crippen LogP contribution in [0.1, 0.15) is 17.8 Å². The maximum absolute atomic E-state index is 4.45. The average Bonchev–Trinajstić information content (AvgIpc) is 3.08. The fourth-order valence-corrected chi connectivity index (χ4v) is 2.87. The van der Waals surface area contributed by atoms with Crippen molar-refractivity contribution in [2.75, 3.05) is 25.0 Å². The molecule has 0 saturated carbocycles. The largest absolute Gasteiger partial charge is 0.355 e. The maximum Gasteiger partial charge on any atom is 0.132 e. The minimum atomic E-state index is 0.503. The van der Waals surface area contributed by atoms with Crippen molar-refractivity contribution >= 4 is 5.82 Å². The number of aromatic nitrogens is 4. The molecule has 1 aliphatic heterocycles. The van der Waals surface area contributed by atoms with Crippen LogP contribution in [0.2, 0.25) is 0 Å². The summed E-state index contributed by atoms with van der Waals surface area (Å²) in [5.41, 5.74) is 2.15. The summed E-state index contributed by atoms with van der Waals surface area (Å²) in [6.45, 7) is 5.08. The Labute approximate surface area is 125 Å². The molecule has 0 N–H and O–H groups in total. The van der Waals surface area contributed by atoms with Gasteiger partial charge in [-0.15, -0.1) is 0 Å². The first-order valence-electron chi connectivity index (χ1n) is 7.34. The lowest BCUT2D eigenvalue weighted by Gasteiger charge is -2.25. The summed E-state index contributed by atoms with van der Waals surface area (Å²) < 4.78 is 1.86. The highest BCUT2D eigenvalue weighted by Crippen LogP contribution is 2.21. The zero-order chi connectivity index (χ0) is 14.8. The fraction of sp³-hybridized carbons (Fsp3) is 0.533. The van der Waals surface area contributed by atoms with Crippen LogP contribution in [-0.2, 0) is 13.6 Å². The van der Waals surface area contributed by atoms with Gasteiger partial charge in [0, 0.05) is 57.7 Å². The van der Waals surface area contributed by atoms with E-state index in [9.17, 15) is 0 Å². The van der Waals surface area contributed by atoms with Gasteiger partial charge < -0.3 is 4.90 Å². The molecule has 1 aliphatic rings. The van der Waals surface area contributed by atoms with E-state index in [-0.39, 0.29) is 0 Å². The van der Waals surface area contributed by atoms with Crippen molar-refractivity contribution in [1.29, 1.82) is 0 Å². The zero-order valence-electron chi connectivity index (χ0n) is 12.9. The molecule has 0 spiro atoms. The van der Waals surface area contributed by atoms with Crippen molar-refractivity contribution in [3.63, 3.8) is 0 Å². The molecule has 0 amide bonds. The second-order valence-corrected chi connectivity index (χ2v) is 5.79. The van der Waals surface area contributed by atoms with Crippen molar-refractivity contribution in [2.45, 2.75) is 25.9 Å². The number of rotatable bonds is 4. The van der Waals surface area contributed by atoms with Crippen molar-refractivity contribution < 1.29 is 0 Å². The monoisotopic (exact) mass is 286 g/mol. The van der Waals surface area contributed by atoms with Gasteiger partial charge in [0.1, 0.15) is 12.1 Å². The van der Waals surface area contributed by atoms with Crippen molar-refractivity contribution in [3.05, 3.63) is 36.0 Å². The molecule has 112 valence electrons. The van der Waals surface area contributed by atoms with E-state index in [2.05, 4.69) is 38.0 Å². The molecule has 2 aromatic rings. The van der Waals surface area contributed by atoms with Gasteiger partial charge in [-0.3, -0.25) is 9.58 Å². The van der Waals surface area contributed by atoms with Gasteiger partial charge in [-0.1, -0.05) is 0 Å². The average molecular weight is 286 g/mol. The van der Waals surface area contributed by atoms with E-state index in [1.807, 2.05) is 30.9 Å². The first-order valence-corrected chi connectivity index (χ1v) is 7.34. The zero-order valence-corrected chi connectivity index (χ0v) is 12.9. The second kappa shape index (κ2) is 5.81. The number of anilines is 1. The third-order valence-corrected chi connectivity index (χ3v) is 4.10. The Morgan fingerprint density at radius 3 is 2.95 bits per heavy atom. The first kappa shape index (κ1) is 14.0. The normalized spacial score (nSPS) is 19.1.